The van der Waals surface area contributed by atoms with Crippen molar-refractivity contribution in [3.05, 3.63) is 99.5 Å². The second kappa shape index (κ2) is 11.6. The molecule has 36 heavy (non-hydrogen) atoms. The molecule has 1 saturated heterocycles. The summed E-state index contributed by atoms with van der Waals surface area (Å²) in [6, 6.07) is 21.6. The molecular weight excluding hydrogens is 521 g/mol. The van der Waals surface area contributed by atoms with Crippen LogP contribution in [0, 0.1) is 5.92 Å². The van der Waals surface area contributed by atoms with Crippen molar-refractivity contribution in [1.29, 1.82) is 0 Å². The molecule has 3 N–H and O–H groups in total. The summed E-state index contributed by atoms with van der Waals surface area (Å²) in [7, 11) is -3.63. The van der Waals surface area contributed by atoms with Crippen LogP contribution in [0.25, 0.3) is 0 Å². The van der Waals surface area contributed by atoms with Crippen LogP contribution in [0.2, 0.25) is 10.0 Å². The van der Waals surface area contributed by atoms with Crippen molar-refractivity contribution in [3.8, 4) is 0 Å². The van der Waals surface area contributed by atoms with Gasteiger partial charge in [0.25, 0.3) is 5.91 Å². The van der Waals surface area contributed by atoms with Gasteiger partial charge >= 0.3 is 0 Å². The van der Waals surface area contributed by atoms with Crippen LogP contribution in [0.1, 0.15) is 27.5 Å². The van der Waals surface area contributed by atoms with E-state index in [4.69, 9.17) is 28.3 Å². The Bertz CT molecular complexity index is 1250. The number of rotatable bonds is 10. The Labute approximate surface area is 221 Å². The average molecular weight is 548 g/mol. The van der Waals surface area contributed by atoms with Gasteiger partial charge in [-0.2, -0.15) is 0 Å². The Kier molecular flexibility index (Phi) is 8.54. The van der Waals surface area contributed by atoms with Crippen LogP contribution >= 0.6 is 23.2 Å². The number of hydrogen-bond acceptors (Lipinski definition) is 5. The van der Waals surface area contributed by atoms with Crippen molar-refractivity contribution in [2.75, 3.05) is 36.7 Å². The Morgan fingerprint density at radius 1 is 0.972 bits per heavy atom. The van der Waals surface area contributed by atoms with E-state index in [1.807, 2.05) is 48.5 Å². The molecule has 1 heterocycles. The lowest BCUT2D eigenvalue weighted by Gasteiger charge is -2.44. The Morgan fingerprint density at radius 2 is 1.56 bits per heavy atom. The third-order valence-corrected chi connectivity index (χ3v) is 7.93. The predicted octanol–water partition coefficient (Wildman–Crippen LogP) is 4.18. The number of carbonyl (C=O) groups is 1. The first-order valence-corrected chi connectivity index (χ1v) is 13.9. The number of likely N-dealkylation sites (tertiary alicyclic amines) is 1. The molecule has 0 spiro atoms. The van der Waals surface area contributed by atoms with Crippen molar-refractivity contribution in [2.45, 2.75) is 6.04 Å². The van der Waals surface area contributed by atoms with Gasteiger partial charge in [-0.05, 0) is 53.6 Å². The highest BCUT2D eigenvalue weighted by molar-refractivity contribution is 7.92. The Balaban J connectivity index is 1.41. The number of halogens is 2. The third kappa shape index (κ3) is 6.78. The second-order valence-corrected chi connectivity index (χ2v) is 11.4. The maximum absolute atomic E-state index is 12.9. The van der Waals surface area contributed by atoms with Gasteiger partial charge in [-0.15, -0.1) is 0 Å². The molecule has 3 aromatic carbocycles. The van der Waals surface area contributed by atoms with Crippen LogP contribution < -0.4 is 10.0 Å². The number of nitrogens with zero attached hydrogens (tertiary/aromatic N) is 1. The van der Waals surface area contributed by atoms with E-state index in [0.717, 1.165) is 11.1 Å². The first kappa shape index (κ1) is 26.4. The topological polar surface area (TPSA) is 98.7 Å². The first-order valence-electron chi connectivity index (χ1n) is 11.5. The van der Waals surface area contributed by atoms with Crippen molar-refractivity contribution in [1.82, 2.24) is 10.2 Å². The van der Waals surface area contributed by atoms with Gasteiger partial charge in [-0.1, -0.05) is 53.5 Å². The van der Waals surface area contributed by atoms with E-state index in [-0.39, 0.29) is 36.8 Å². The number of carbonyl (C=O) groups excluding carboxylic acids is 1. The number of hydrogen-bond donors (Lipinski definition) is 3. The summed E-state index contributed by atoms with van der Waals surface area (Å²) >= 11 is 12.2. The minimum absolute atomic E-state index is 0.0294. The number of benzene rings is 3. The molecule has 0 radical (unpaired) electrons. The largest absolute Gasteiger partial charge is 0.395 e. The predicted molar refractivity (Wildman–Crippen MR) is 143 cm³/mol. The fourth-order valence-corrected chi connectivity index (χ4v) is 6.01. The standard InChI is InChI=1S/C26H27Cl2N3O4S/c27-22-8-4-19(5-9-22)25(20-6-10-23(28)11-7-20)31-15-18(16-31)17-36(34,35)30-24-3-1-2-21(14-24)26(33)29-12-13-32/h1-11,14,18,25,30,32H,12-13,15-17H2,(H,29,33). The maximum atomic E-state index is 12.9. The van der Waals surface area contributed by atoms with Gasteiger partial charge in [0.1, 0.15) is 0 Å². The molecule has 4 rings (SSSR count). The first-order chi connectivity index (χ1) is 17.2. The van der Waals surface area contributed by atoms with Crippen molar-refractivity contribution >= 4 is 44.8 Å². The average Bonchev–Trinajstić information content (AvgIpc) is 2.83. The molecule has 3 aromatic rings. The van der Waals surface area contributed by atoms with Crippen LogP contribution in [-0.2, 0) is 10.0 Å². The summed E-state index contributed by atoms with van der Waals surface area (Å²) in [6.07, 6.45) is 0. The number of sulfonamides is 1. The molecule has 0 atom stereocenters. The SMILES string of the molecule is O=C(NCCO)c1cccc(NS(=O)(=O)CC2CN(C(c3ccc(Cl)cc3)c3ccc(Cl)cc3)C2)c1. The van der Waals surface area contributed by atoms with Crippen LogP contribution in [0.15, 0.2) is 72.8 Å². The molecule has 0 unspecified atom stereocenters. The zero-order valence-corrected chi connectivity index (χ0v) is 21.7. The van der Waals surface area contributed by atoms with E-state index in [9.17, 15) is 13.2 Å². The highest BCUT2D eigenvalue weighted by Crippen LogP contribution is 2.35. The minimum atomic E-state index is -3.63. The fraction of sp³-hybridized carbons (Fsp3) is 0.269. The molecule has 1 aliphatic rings. The highest BCUT2D eigenvalue weighted by Gasteiger charge is 2.36. The molecule has 0 saturated carbocycles. The number of anilines is 1. The normalized spacial score (nSPS) is 14.4. The zero-order chi connectivity index (χ0) is 25.7. The van der Waals surface area contributed by atoms with Gasteiger partial charge < -0.3 is 10.4 Å². The van der Waals surface area contributed by atoms with Crippen molar-refractivity contribution in [2.24, 2.45) is 5.92 Å². The summed E-state index contributed by atoms with van der Waals surface area (Å²) in [4.78, 5) is 14.3. The number of nitrogens with one attached hydrogen (secondary N) is 2. The highest BCUT2D eigenvalue weighted by atomic mass is 35.5. The van der Waals surface area contributed by atoms with E-state index in [2.05, 4.69) is 14.9 Å². The third-order valence-electron chi connectivity index (χ3n) is 5.97. The molecule has 1 aliphatic heterocycles. The van der Waals surface area contributed by atoms with Gasteiger partial charge in [0.15, 0.2) is 0 Å². The van der Waals surface area contributed by atoms with Crippen LogP contribution in [0.4, 0.5) is 5.69 Å². The molecule has 1 amide bonds. The molecule has 7 nitrogen and oxygen atoms in total. The Hall–Kier alpha value is -2.62. The molecule has 0 aliphatic carbocycles. The van der Waals surface area contributed by atoms with E-state index in [1.165, 1.54) is 6.07 Å². The van der Waals surface area contributed by atoms with E-state index < -0.39 is 10.0 Å². The van der Waals surface area contributed by atoms with Crippen molar-refractivity contribution < 1.29 is 18.3 Å². The van der Waals surface area contributed by atoms with Gasteiger partial charge in [0.05, 0.1) is 18.4 Å². The monoisotopic (exact) mass is 547 g/mol. The molecule has 0 aromatic heterocycles. The number of aliphatic hydroxyl groups excluding tert-OH is 1. The maximum Gasteiger partial charge on any atom is 0.251 e. The van der Waals surface area contributed by atoms with Crippen LogP contribution in [0.3, 0.4) is 0 Å². The van der Waals surface area contributed by atoms with Gasteiger partial charge in [0.2, 0.25) is 10.0 Å². The molecule has 1 fully saturated rings. The van der Waals surface area contributed by atoms with E-state index >= 15 is 0 Å². The Morgan fingerprint density at radius 3 is 2.11 bits per heavy atom. The molecule has 10 heteroatoms. The van der Waals surface area contributed by atoms with Crippen molar-refractivity contribution in [3.63, 3.8) is 0 Å². The van der Waals surface area contributed by atoms with Gasteiger partial charge in [0, 0.05) is 46.8 Å². The lowest BCUT2D eigenvalue weighted by molar-refractivity contribution is 0.0813. The summed E-state index contributed by atoms with van der Waals surface area (Å²) < 4.78 is 28.3. The number of amides is 1. The van der Waals surface area contributed by atoms with Crippen LogP contribution in [-0.4, -0.2) is 56.3 Å². The lowest BCUT2D eigenvalue weighted by atomic mass is 9.91. The smallest absolute Gasteiger partial charge is 0.251 e. The van der Waals surface area contributed by atoms with Crippen LogP contribution in [0.5, 0.6) is 0 Å². The van der Waals surface area contributed by atoms with E-state index in [1.54, 1.807) is 18.2 Å². The second-order valence-electron chi connectivity index (χ2n) is 8.77. The molecule has 0 bridgehead atoms. The minimum Gasteiger partial charge on any atom is -0.395 e. The fourth-order valence-electron chi connectivity index (χ4n) is 4.36. The number of aliphatic hydroxyl groups is 1. The summed E-state index contributed by atoms with van der Waals surface area (Å²) in [6.45, 7) is 1.17. The summed E-state index contributed by atoms with van der Waals surface area (Å²) in [5, 5.41) is 12.7. The van der Waals surface area contributed by atoms with E-state index in [0.29, 0.717) is 34.4 Å². The van der Waals surface area contributed by atoms with Gasteiger partial charge in [-0.3, -0.25) is 14.4 Å². The molecular formula is C26H27Cl2N3O4S. The summed E-state index contributed by atoms with van der Waals surface area (Å²) in [5.41, 5.74) is 2.77. The van der Waals surface area contributed by atoms with Gasteiger partial charge in [-0.25, -0.2) is 8.42 Å². The summed E-state index contributed by atoms with van der Waals surface area (Å²) in [5.74, 6) is -0.450. The lowest BCUT2D eigenvalue weighted by Crippen LogP contribution is -2.51. The molecule has 190 valence electrons. The zero-order valence-electron chi connectivity index (χ0n) is 19.4. The quantitative estimate of drug-likeness (QED) is 0.353.